The highest BCUT2D eigenvalue weighted by Crippen LogP contribution is 2.24. The number of nitrogens with zero attached hydrogens (tertiary/aromatic N) is 1. The summed E-state index contributed by atoms with van der Waals surface area (Å²) in [4.78, 5) is 42.0. The number of methoxy groups -OCH3 is 1. The number of aromatic nitrogens is 1. The maximum Gasteiger partial charge on any atom is 0.340 e. The Labute approximate surface area is 206 Å². The molecule has 0 fully saturated rings. The summed E-state index contributed by atoms with van der Waals surface area (Å²) >= 11 is 6.97. The molecule has 2 amide bonds. The maximum absolute atomic E-state index is 12.7. The van der Waals surface area contributed by atoms with E-state index in [1.807, 2.05) is 0 Å². The molecule has 0 radical (unpaired) electrons. The molecule has 0 aliphatic carbocycles. The lowest BCUT2D eigenvalue weighted by Crippen LogP contribution is -2.30. The number of carbonyl (C=O) groups excluding carboxylic acids is 3. The molecule has 10 heteroatoms. The summed E-state index contributed by atoms with van der Waals surface area (Å²) in [5, 5.41) is 5.78. The lowest BCUT2D eigenvalue weighted by Gasteiger charge is -2.15. The van der Waals surface area contributed by atoms with Crippen molar-refractivity contribution in [1.29, 1.82) is 0 Å². The largest absolute Gasteiger partial charge is 0.497 e. The van der Waals surface area contributed by atoms with Gasteiger partial charge in [-0.25, -0.2) is 9.78 Å². The molecule has 3 rings (SSSR count). The number of benzene rings is 2. The summed E-state index contributed by atoms with van der Waals surface area (Å²) in [6.07, 6.45) is 0.325. The molecule has 1 unspecified atom stereocenters. The molecule has 1 aromatic heterocycles. The second-order valence-corrected chi connectivity index (χ2v) is 8.42. The van der Waals surface area contributed by atoms with Crippen LogP contribution in [0.1, 0.15) is 17.3 Å². The third-order valence-corrected chi connectivity index (χ3v) is 5.75. The van der Waals surface area contributed by atoms with E-state index in [0.29, 0.717) is 21.4 Å². The van der Waals surface area contributed by atoms with Crippen LogP contribution in [0.15, 0.2) is 71.8 Å². The first-order valence-electron chi connectivity index (χ1n) is 10.1. The first-order valence-corrected chi connectivity index (χ1v) is 11.5. The van der Waals surface area contributed by atoms with Gasteiger partial charge < -0.3 is 20.1 Å². The Kier molecular flexibility index (Phi) is 8.89. The number of carbonyl (C=O) groups is 3. The van der Waals surface area contributed by atoms with E-state index in [9.17, 15) is 14.4 Å². The van der Waals surface area contributed by atoms with Gasteiger partial charge >= 0.3 is 5.97 Å². The maximum atomic E-state index is 12.7. The van der Waals surface area contributed by atoms with Crippen molar-refractivity contribution in [2.24, 2.45) is 0 Å². The Bertz CT molecular complexity index is 1170. The van der Waals surface area contributed by atoms with Crippen molar-refractivity contribution >= 4 is 52.7 Å². The van der Waals surface area contributed by atoms with Crippen molar-refractivity contribution in [2.75, 3.05) is 23.5 Å². The monoisotopic (exact) mass is 499 g/mol. The molecule has 0 bridgehead atoms. The summed E-state index contributed by atoms with van der Waals surface area (Å²) < 4.78 is 10.5. The van der Waals surface area contributed by atoms with E-state index >= 15 is 0 Å². The van der Waals surface area contributed by atoms with Crippen LogP contribution in [0.5, 0.6) is 5.75 Å². The summed E-state index contributed by atoms with van der Waals surface area (Å²) in [5.41, 5.74) is 0.860. The van der Waals surface area contributed by atoms with Crippen LogP contribution in [0.25, 0.3) is 0 Å². The van der Waals surface area contributed by atoms with Crippen LogP contribution < -0.4 is 15.4 Å². The quantitative estimate of drug-likeness (QED) is 0.326. The van der Waals surface area contributed by atoms with Gasteiger partial charge in [-0.15, -0.1) is 11.8 Å². The normalized spacial score (nSPS) is 11.3. The minimum Gasteiger partial charge on any atom is -0.497 e. The number of rotatable bonds is 9. The third kappa shape index (κ3) is 7.23. The summed E-state index contributed by atoms with van der Waals surface area (Å²) in [7, 11) is 1.55. The van der Waals surface area contributed by atoms with Gasteiger partial charge in [0.05, 0.1) is 23.4 Å². The number of ether oxygens (including phenoxy) is 2. The average molecular weight is 500 g/mol. The van der Waals surface area contributed by atoms with Crippen LogP contribution in [0.3, 0.4) is 0 Å². The number of halogens is 1. The molecule has 0 saturated heterocycles. The number of pyridine rings is 1. The van der Waals surface area contributed by atoms with Gasteiger partial charge in [0, 0.05) is 22.8 Å². The Balaban J connectivity index is 1.57. The van der Waals surface area contributed by atoms with Crippen molar-refractivity contribution in [3.8, 4) is 5.75 Å². The third-order valence-electron chi connectivity index (χ3n) is 4.45. The molecular weight excluding hydrogens is 478 g/mol. The summed E-state index contributed by atoms with van der Waals surface area (Å²) in [5.74, 6) is -0.475. The topological polar surface area (TPSA) is 107 Å². The Morgan fingerprint density at radius 2 is 1.85 bits per heavy atom. The van der Waals surface area contributed by atoms with Gasteiger partial charge in [0.15, 0.2) is 6.10 Å². The smallest absolute Gasteiger partial charge is 0.340 e. The lowest BCUT2D eigenvalue weighted by molar-refractivity contribution is -0.123. The first kappa shape index (κ1) is 25.1. The Morgan fingerprint density at radius 1 is 1.06 bits per heavy atom. The van der Waals surface area contributed by atoms with Crippen molar-refractivity contribution < 1.29 is 23.9 Å². The van der Waals surface area contributed by atoms with Gasteiger partial charge in [0.1, 0.15) is 11.6 Å². The molecule has 0 spiro atoms. The molecule has 2 N–H and O–H groups in total. The Hall–Kier alpha value is -3.56. The predicted molar refractivity (Wildman–Crippen MR) is 132 cm³/mol. The minimum absolute atomic E-state index is 0.0692. The van der Waals surface area contributed by atoms with E-state index < -0.39 is 18.0 Å². The number of hydrogen-bond acceptors (Lipinski definition) is 7. The molecular formula is C24H22ClN3O5S. The van der Waals surface area contributed by atoms with Crippen LogP contribution in [0, 0.1) is 0 Å². The van der Waals surface area contributed by atoms with Crippen molar-refractivity contribution in [3.63, 3.8) is 0 Å². The van der Waals surface area contributed by atoms with Crippen LogP contribution in [0.4, 0.5) is 11.5 Å². The highest BCUT2D eigenvalue weighted by Gasteiger charge is 2.21. The van der Waals surface area contributed by atoms with Crippen LogP contribution >= 0.6 is 23.4 Å². The number of esters is 1. The fraction of sp³-hybridized carbons (Fsp3) is 0.167. The molecule has 2 aromatic carbocycles. The number of nitrogens with one attached hydrogen (secondary N) is 2. The molecule has 34 heavy (non-hydrogen) atoms. The van der Waals surface area contributed by atoms with E-state index in [-0.39, 0.29) is 23.0 Å². The van der Waals surface area contributed by atoms with Gasteiger partial charge in [0.2, 0.25) is 5.91 Å². The Morgan fingerprint density at radius 3 is 2.59 bits per heavy atom. The summed E-state index contributed by atoms with van der Waals surface area (Å²) in [6.45, 7) is 1.46. The second-order valence-electron chi connectivity index (χ2n) is 6.96. The molecule has 1 heterocycles. The van der Waals surface area contributed by atoms with E-state index in [2.05, 4.69) is 15.6 Å². The number of anilines is 2. The van der Waals surface area contributed by atoms with Gasteiger partial charge in [-0.2, -0.15) is 0 Å². The SMILES string of the molecule is COc1cccc(NC(=O)CSc2ccccc2C(=O)OC(C)C(=O)Nc2ccc(Cl)cn2)c1. The van der Waals surface area contributed by atoms with Crippen LogP contribution in [0.2, 0.25) is 5.02 Å². The zero-order valence-corrected chi connectivity index (χ0v) is 20.0. The van der Waals surface area contributed by atoms with Crippen molar-refractivity contribution in [2.45, 2.75) is 17.9 Å². The van der Waals surface area contributed by atoms with Gasteiger partial charge in [-0.3, -0.25) is 9.59 Å². The average Bonchev–Trinajstić information content (AvgIpc) is 2.84. The second kappa shape index (κ2) is 12.1. The molecule has 0 saturated carbocycles. The molecule has 8 nitrogen and oxygen atoms in total. The zero-order valence-electron chi connectivity index (χ0n) is 18.4. The van der Waals surface area contributed by atoms with E-state index in [1.165, 1.54) is 30.9 Å². The highest BCUT2D eigenvalue weighted by atomic mass is 35.5. The molecule has 3 aromatic rings. The highest BCUT2D eigenvalue weighted by molar-refractivity contribution is 8.00. The van der Waals surface area contributed by atoms with Crippen molar-refractivity contribution in [3.05, 3.63) is 77.4 Å². The zero-order chi connectivity index (χ0) is 24.5. The minimum atomic E-state index is -1.07. The van der Waals surface area contributed by atoms with Gasteiger partial charge in [-0.1, -0.05) is 29.8 Å². The number of thioether (sulfide) groups is 1. The summed E-state index contributed by atoms with van der Waals surface area (Å²) in [6, 6.07) is 16.9. The van der Waals surface area contributed by atoms with Crippen LogP contribution in [-0.4, -0.2) is 41.7 Å². The molecule has 1 atom stereocenters. The van der Waals surface area contributed by atoms with E-state index in [1.54, 1.807) is 61.7 Å². The lowest BCUT2D eigenvalue weighted by atomic mass is 10.2. The van der Waals surface area contributed by atoms with Crippen LogP contribution in [-0.2, 0) is 14.3 Å². The standard InChI is InChI=1S/C24H22ClN3O5S/c1-15(23(30)28-21-11-10-16(25)13-26-21)33-24(31)19-8-3-4-9-20(19)34-14-22(29)27-17-6-5-7-18(12-17)32-2/h3-13,15H,14H2,1-2H3,(H,27,29)(H,26,28,30). The van der Waals surface area contributed by atoms with Crippen molar-refractivity contribution in [1.82, 2.24) is 4.98 Å². The fourth-order valence-electron chi connectivity index (χ4n) is 2.76. The fourth-order valence-corrected chi connectivity index (χ4v) is 3.71. The van der Waals surface area contributed by atoms with Gasteiger partial charge in [0.25, 0.3) is 5.91 Å². The number of amides is 2. The first-order chi connectivity index (χ1) is 16.4. The molecule has 0 aliphatic rings. The predicted octanol–water partition coefficient (Wildman–Crippen LogP) is 4.66. The molecule has 176 valence electrons. The van der Waals surface area contributed by atoms with Gasteiger partial charge in [-0.05, 0) is 43.3 Å². The number of hydrogen-bond donors (Lipinski definition) is 2. The van der Waals surface area contributed by atoms with E-state index in [0.717, 1.165) is 0 Å². The van der Waals surface area contributed by atoms with E-state index in [4.69, 9.17) is 21.1 Å². The molecule has 0 aliphatic heterocycles.